The number of hydrogen-bond acceptors (Lipinski definition) is 4. The first-order valence-electron chi connectivity index (χ1n) is 10.4. The van der Waals surface area contributed by atoms with E-state index in [1.807, 2.05) is 60.0 Å². The standard InChI is InChI=1S/C25H23FN4OS/c1-2-30-22(17-18-9-5-3-6-10-18)28-29-25(30)32-23(19-11-7-4-8-12-19)24(31)27-21-15-13-20(26)14-16-21/h3-16,23H,2,17H2,1H3,(H,27,31)/t23-/m0/s1. The van der Waals surface area contributed by atoms with Crippen molar-refractivity contribution in [3.8, 4) is 0 Å². The first-order chi connectivity index (χ1) is 15.6. The van der Waals surface area contributed by atoms with Crippen LogP contribution in [0.4, 0.5) is 10.1 Å². The van der Waals surface area contributed by atoms with Crippen LogP contribution in [0.25, 0.3) is 0 Å². The van der Waals surface area contributed by atoms with E-state index in [4.69, 9.17) is 0 Å². The fraction of sp³-hybridized carbons (Fsp3) is 0.160. The normalized spacial score (nSPS) is 11.8. The average molecular weight is 447 g/mol. The molecule has 0 saturated carbocycles. The Morgan fingerprint density at radius 3 is 2.28 bits per heavy atom. The molecule has 7 heteroatoms. The van der Waals surface area contributed by atoms with Crippen LogP contribution in [0.15, 0.2) is 90.1 Å². The monoisotopic (exact) mass is 446 g/mol. The summed E-state index contributed by atoms with van der Waals surface area (Å²) >= 11 is 1.36. The van der Waals surface area contributed by atoms with Gasteiger partial charge in [0.1, 0.15) is 16.9 Å². The number of nitrogens with zero attached hydrogens (tertiary/aromatic N) is 3. The van der Waals surface area contributed by atoms with Gasteiger partial charge in [-0.3, -0.25) is 4.79 Å². The number of anilines is 1. The Morgan fingerprint density at radius 1 is 0.969 bits per heavy atom. The van der Waals surface area contributed by atoms with Crippen LogP contribution in [0.5, 0.6) is 0 Å². The second-order valence-electron chi connectivity index (χ2n) is 7.21. The zero-order valence-electron chi connectivity index (χ0n) is 17.6. The van der Waals surface area contributed by atoms with Gasteiger partial charge in [0.2, 0.25) is 5.91 Å². The molecule has 1 N–H and O–H groups in total. The van der Waals surface area contributed by atoms with Gasteiger partial charge in [-0.15, -0.1) is 10.2 Å². The summed E-state index contributed by atoms with van der Waals surface area (Å²) in [5, 5.41) is 11.8. The third-order valence-corrected chi connectivity index (χ3v) is 6.23. The van der Waals surface area contributed by atoms with Crippen molar-refractivity contribution in [3.05, 3.63) is 108 Å². The number of nitrogens with one attached hydrogen (secondary N) is 1. The number of halogens is 1. The van der Waals surface area contributed by atoms with E-state index in [9.17, 15) is 9.18 Å². The van der Waals surface area contributed by atoms with Crippen LogP contribution in [-0.2, 0) is 17.8 Å². The zero-order chi connectivity index (χ0) is 22.3. The molecule has 0 radical (unpaired) electrons. The maximum atomic E-state index is 13.2. The molecule has 0 saturated heterocycles. The molecule has 0 spiro atoms. The molecule has 32 heavy (non-hydrogen) atoms. The van der Waals surface area contributed by atoms with Crippen LogP contribution in [0.3, 0.4) is 0 Å². The molecule has 4 rings (SSSR count). The summed E-state index contributed by atoms with van der Waals surface area (Å²) < 4.78 is 15.3. The lowest BCUT2D eigenvalue weighted by molar-refractivity contribution is -0.115. The van der Waals surface area contributed by atoms with Crippen molar-refractivity contribution in [1.29, 1.82) is 0 Å². The number of rotatable bonds is 8. The molecule has 0 aliphatic carbocycles. The maximum absolute atomic E-state index is 13.2. The summed E-state index contributed by atoms with van der Waals surface area (Å²) in [7, 11) is 0. The van der Waals surface area contributed by atoms with Gasteiger partial charge in [-0.1, -0.05) is 72.4 Å². The summed E-state index contributed by atoms with van der Waals surface area (Å²) in [6.07, 6.45) is 0.667. The number of hydrogen-bond donors (Lipinski definition) is 1. The molecule has 1 atom stereocenters. The predicted molar refractivity (Wildman–Crippen MR) is 125 cm³/mol. The van der Waals surface area contributed by atoms with Crippen molar-refractivity contribution in [2.75, 3.05) is 5.32 Å². The van der Waals surface area contributed by atoms with E-state index in [2.05, 4.69) is 27.6 Å². The minimum atomic E-state index is -0.541. The lowest BCUT2D eigenvalue weighted by atomic mass is 10.1. The summed E-state index contributed by atoms with van der Waals surface area (Å²) in [4.78, 5) is 13.2. The molecule has 162 valence electrons. The molecule has 0 fully saturated rings. The number of thioether (sulfide) groups is 1. The average Bonchev–Trinajstić information content (AvgIpc) is 3.21. The van der Waals surface area contributed by atoms with Gasteiger partial charge in [0, 0.05) is 18.7 Å². The topological polar surface area (TPSA) is 59.8 Å². The summed E-state index contributed by atoms with van der Waals surface area (Å²) in [5.41, 5.74) is 2.55. The Bertz CT molecular complexity index is 1160. The van der Waals surface area contributed by atoms with Gasteiger partial charge in [-0.05, 0) is 42.3 Å². The second kappa shape index (κ2) is 10.2. The molecule has 5 nitrogen and oxygen atoms in total. The van der Waals surface area contributed by atoms with Crippen molar-refractivity contribution in [2.45, 2.75) is 30.3 Å². The molecule has 0 aliphatic heterocycles. The van der Waals surface area contributed by atoms with Gasteiger partial charge in [-0.25, -0.2) is 4.39 Å². The third-order valence-electron chi connectivity index (χ3n) is 4.99. The molecule has 1 heterocycles. The first-order valence-corrected chi connectivity index (χ1v) is 11.3. The van der Waals surface area contributed by atoms with Gasteiger partial charge in [0.05, 0.1) is 0 Å². The quantitative estimate of drug-likeness (QED) is 0.363. The fourth-order valence-corrected chi connectivity index (χ4v) is 4.50. The minimum absolute atomic E-state index is 0.205. The highest BCUT2D eigenvalue weighted by molar-refractivity contribution is 8.00. The van der Waals surface area contributed by atoms with E-state index in [-0.39, 0.29) is 11.7 Å². The Morgan fingerprint density at radius 2 is 1.62 bits per heavy atom. The second-order valence-corrected chi connectivity index (χ2v) is 8.28. The molecule has 4 aromatic rings. The molecule has 1 aromatic heterocycles. The van der Waals surface area contributed by atoms with E-state index in [0.29, 0.717) is 23.8 Å². The smallest absolute Gasteiger partial charge is 0.242 e. The molecule has 0 aliphatic rings. The fourth-order valence-electron chi connectivity index (χ4n) is 3.38. The number of carbonyl (C=O) groups is 1. The number of aromatic nitrogens is 3. The first kappa shape index (κ1) is 21.8. The summed E-state index contributed by atoms with van der Waals surface area (Å²) in [6, 6.07) is 25.4. The van der Waals surface area contributed by atoms with Crippen LogP contribution in [0.2, 0.25) is 0 Å². The highest BCUT2D eigenvalue weighted by Gasteiger charge is 2.25. The Labute approximate surface area is 190 Å². The lowest BCUT2D eigenvalue weighted by Gasteiger charge is -2.17. The van der Waals surface area contributed by atoms with E-state index >= 15 is 0 Å². The molecular weight excluding hydrogens is 423 g/mol. The van der Waals surface area contributed by atoms with E-state index in [1.165, 1.54) is 23.9 Å². The van der Waals surface area contributed by atoms with Crippen molar-refractivity contribution in [1.82, 2.24) is 14.8 Å². The van der Waals surface area contributed by atoms with Gasteiger partial charge in [0.25, 0.3) is 0 Å². The number of carbonyl (C=O) groups excluding carboxylic acids is 1. The Kier molecular flexibility index (Phi) is 6.97. The molecule has 0 unspecified atom stereocenters. The van der Waals surface area contributed by atoms with Gasteiger partial charge >= 0.3 is 0 Å². The summed E-state index contributed by atoms with van der Waals surface area (Å²) in [5.74, 6) is 0.300. The largest absolute Gasteiger partial charge is 0.325 e. The van der Waals surface area contributed by atoms with Crippen LogP contribution in [0.1, 0.15) is 29.1 Å². The Balaban J connectivity index is 1.60. The highest BCUT2D eigenvalue weighted by Crippen LogP contribution is 2.36. The van der Waals surface area contributed by atoms with E-state index in [0.717, 1.165) is 17.0 Å². The van der Waals surface area contributed by atoms with Crippen molar-refractivity contribution in [2.24, 2.45) is 0 Å². The van der Waals surface area contributed by atoms with Crippen molar-refractivity contribution in [3.63, 3.8) is 0 Å². The minimum Gasteiger partial charge on any atom is -0.325 e. The van der Waals surface area contributed by atoms with Crippen molar-refractivity contribution < 1.29 is 9.18 Å². The number of benzene rings is 3. The van der Waals surface area contributed by atoms with Crippen molar-refractivity contribution >= 4 is 23.4 Å². The van der Waals surface area contributed by atoms with Gasteiger partial charge < -0.3 is 9.88 Å². The van der Waals surface area contributed by atoms with Gasteiger partial charge in [0.15, 0.2) is 5.16 Å². The third kappa shape index (κ3) is 5.23. The van der Waals surface area contributed by atoms with Gasteiger partial charge in [-0.2, -0.15) is 0 Å². The highest BCUT2D eigenvalue weighted by atomic mass is 32.2. The molecular formula is C25H23FN4OS. The van der Waals surface area contributed by atoms with E-state index < -0.39 is 5.25 Å². The number of amides is 1. The van der Waals surface area contributed by atoms with Crippen LogP contribution in [0, 0.1) is 5.82 Å². The predicted octanol–water partition coefficient (Wildman–Crippen LogP) is 5.50. The SMILES string of the molecule is CCn1c(Cc2ccccc2)nnc1S[C@H](C(=O)Nc1ccc(F)cc1)c1ccccc1. The zero-order valence-corrected chi connectivity index (χ0v) is 18.4. The Hall–Kier alpha value is -3.45. The molecule has 3 aromatic carbocycles. The lowest BCUT2D eigenvalue weighted by Crippen LogP contribution is -2.19. The molecule has 0 bridgehead atoms. The van der Waals surface area contributed by atoms with E-state index in [1.54, 1.807) is 12.1 Å². The van der Waals surface area contributed by atoms with Crippen LogP contribution in [-0.4, -0.2) is 20.7 Å². The maximum Gasteiger partial charge on any atom is 0.242 e. The van der Waals surface area contributed by atoms with Crippen LogP contribution >= 0.6 is 11.8 Å². The van der Waals surface area contributed by atoms with Crippen LogP contribution < -0.4 is 5.32 Å². The molecule has 1 amide bonds. The summed E-state index contributed by atoms with van der Waals surface area (Å²) in [6.45, 7) is 2.73.